The molecule has 86 valence electrons. The van der Waals surface area contributed by atoms with E-state index in [1.807, 2.05) is 6.20 Å². The fraction of sp³-hybridized carbons (Fsp3) is 0.750. The monoisotopic (exact) mass is 209 g/mol. The average molecular weight is 209 g/mol. The first-order valence-electron chi connectivity index (χ1n) is 5.90. The molecule has 0 aliphatic rings. The lowest BCUT2D eigenvalue weighted by molar-refractivity contribution is 0.454. The zero-order valence-corrected chi connectivity index (χ0v) is 10.3. The molecule has 0 saturated heterocycles. The first kappa shape index (κ1) is 12.2. The van der Waals surface area contributed by atoms with Crippen molar-refractivity contribution in [2.45, 2.75) is 52.6 Å². The second-order valence-electron chi connectivity index (χ2n) is 4.35. The van der Waals surface area contributed by atoms with Gasteiger partial charge in [-0.3, -0.25) is 0 Å². The molecule has 0 aliphatic carbocycles. The number of aryl methyl sites for hydroxylation is 1. The van der Waals surface area contributed by atoms with Crippen molar-refractivity contribution >= 4 is 0 Å². The molecule has 1 atom stereocenters. The van der Waals surface area contributed by atoms with E-state index in [0.717, 1.165) is 19.4 Å². The van der Waals surface area contributed by atoms with Gasteiger partial charge in [-0.1, -0.05) is 20.8 Å². The Kier molecular flexibility index (Phi) is 4.82. The number of nitrogens with zero attached hydrogens (tertiary/aromatic N) is 2. The van der Waals surface area contributed by atoms with Gasteiger partial charge in [0.05, 0.1) is 0 Å². The van der Waals surface area contributed by atoms with E-state index in [1.54, 1.807) is 0 Å². The lowest BCUT2D eigenvalue weighted by atomic mass is 10.2. The predicted molar refractivity (Wildman–Crippen MR) is 64.1 cm³/mol. The van der Waals surface area contributed by atoms with Gasteiger partial charge in [0, 0.05) is 30.9 Å². The molecule has 1 unspecified atom stereocenters. The fourth-order valence-electron chi connectivity index (χ4n) is 1.74. The van der Waals surface area contributed by atoms with Crippen LogP contribution in [-0.2, 0) is 6.42 Å². The van der Waals surface area contributed by atoms with Crippen molar-refractivity contribution in [2.75, 3.05) is 6.54 Å². The molecule has 0 bridgehead atoms. The molecular weight excluding hydrogens is 186 g/mol. The van der Waals surface area contributed by atoms with Gasteiger partial charge in [-0.15, -0.1) is 0 Å². The molecular formula is C12H23N3. The summed E-state index contributed by atoms with van der Waals surface area (Å²) in [6, 6.07) is 1.11. The molecule has 1 aromatic rings. The molecule has 1 N–H and O–H groups in total. The summed E-state index contributed by atoms with van der Waals surface area (Å²) in [4.78, 5) is 4.34. The third-order valence-electron chi connectivity index (χ3n) is 2.65. The van der Waals surface area contributed by atoms with E-state index in [0.29, 0.717) is 12.1 Å². The highest BCUT2D eigenvalue weighted by molar-refractivity contribution is 4.94. The van der Waals surface area contributed by atoms with Crippen molar-refractivity contribution in [3.63, 3.8) is 0 Å². The average Bonchev–Trinajstić information content (AvgIpc) is 2.64. The third kappa shape index (κ3) is 3.67. The summed E-state index contributed by atoms with van der Waals surface area (Å²) < 4.78 is 2.28. The van der Waals surface area contributed by atoms with Crippen LogP contribution in [0.5, 0.6) is 0 Å². The largest absolute Gasteiger partial charge is 0.332 e. The summed E-state index contributed by atoms with van der Waals surface area (Å²) >= 11 is 0. The number of imidazole rings is 1. The molecule has 1 aromatic heterocycles. The molecule has 1 heterocycles. The van der Waals surface area contributed by atoms with Gasteiger partial charge in [0.25, 0.3) is 0 Å². The van der Waals surface area contributed by atoms with Crippen LogP contribution in [0.2, 0.25) is 0 Å². The molecule has 3 nitrogen and oxygen atoms in total. The fourth-order valence-corrected chi connectivity index (χ4v) is 1.74. The minimum atomic E-state index is 0.536. The second kappa shape index (κ2) is 5.91. The summed E-state index contributed by atoms with van der Waals surface area (Å²) in [7, 11) is 0. The van der Waals surface area contributed by atoms with Crippen LogP contribution in [-0.4, -0.2) is 22.1 Å². The van der Waals surface area contributed by atoms with E-state index in [2.05, 4.69) is 48.8 Å². The number of hydrogen-bond donors (Lipinski definition) is 1. The Bertz CT molecular complexity index is 278. The lowest BCUT2D eigenvalue weighted by Gasteiger charge is -2.17. The van der Waals surface area contributed by atoms with Crippen LogP contribution >= 0.6 is 0 Å². The Morgan fingerprint density at radius 1 is 1.40 bits per heavy atom. The molecule has 0 amide bonds. The van der Waals surface area contributed by atoms with Gasteiger partial charge in [-0.25, -0.2) is 4.98 Å². The minimum Gasteiger partial charge on any atom is -0.332 e. The normalized spacial score (nSPS) is 13.4. The van der Waals surface area contributed by atoms with Crippen molar-refractivity contribution in [1.82, 2.24) is 14.9 Å². The van der Waals surface area contributed by atoms with E-state index >= 15 is 0 Å². The van der Waals surface area contributed by atoms with Crippen molar-refractivity contribution in [3.8, 4) is 0 Å². The number of aromatic nitrogens is 2. The van der Waals surface area contributed by atoms with Crippen LogP contribution in [0.15, 0.2) is 12.4 Å². The SMILES string of the molecule is CCc1nccn1C(C)CCNC(C)C. The number of nitrogens with one attached hydrogen (secondary N) is 1. The highest BCUT2D eigenvalue weighted by Gasteiger charge is 2.08. The van der Waals surface area contributed by atoms with Gasteiger partial charge >= 0.3 is 0 Å². The van der Waals surface area contributed by atoms with Crippen LogP contribution in [0.1, 0.15) is 46.0 Å². The first-order chi connectivity index (χ1) is 7.15. The highest BCUT2D eigenvalue weighted by atomic mass is 15.1. The molecule has 3 heteroatoms. The van der Waals surface area contributed by atoms with Crippen molar-refractivity contribution in [2.24, 2.45) is 0 Å². The second-order valence-corrected chi connectivity index (χ2v) is 4.35. The quantitative estimate of drug-likeness (QED) is 0.779. The van der Waals surface area contributed by atoms with Crippen LogP contribution in [0.25, 0.3) is 0 Å². The summed E-state index contributed by atoms with van der Waals surface area (Å²) in [5.74, 6) is 1.19. The van der Waals surface area contributed by atoms with Gasteiger partial charge in [-0.05, 0) is 19.9 Å². The van der Waals surface area contributed by atoms with Gasteiger partial charge in [0.2, 0.25) is 0 Å². The number of rotatable bonds is 6. The van der Waals surface area contributed by atoms with E-state index in [1.165, 1.54) is 5.82 Å². The van der Waals surface area contributed by atoms with E-state index in [4.69, 9.17) is 0 Å². The zero-order chi connectivity index (χ0) is 11.3. The Balaban J connectivity index is 2.43. The maximum Gasteiger partial charge on any atom is 0.108 e. The van der Waals surface area contributed by atoms with Crippen molar-refractivity contribution < 1.29 is 0 Å². The standard InChI is InChI=1S/C12H23N3/c1-5-12-14-8-9-15(12)11(4)6-7-13-10(2)3/h8-11,13H,5-7H2,1-4H3. The van der Waals surface area contributed by atoms with Gasteiger partial charge in [0.15, 0.2) is 0 Å². The molecule has 0 aromatic carbocycles. The lowest BCUT2D eigenvalue weighted by Crippen LogP contribution is -2.25. The van der Waals surface area contributed by atoms with E-state index < -0.39 is 0 Å². The van der Waals surface area contributed by atoms with Crippen molar-refractivity contribution in [1.29, 1.82) is 0 Å². The van der Waals surface area contributed by atoms with Gasteiger partial charge in [0.1, 0.15) is 5.82 Å². The van der Waals surface area contributed by atoms with Crippen LogP contribution in [0.3, 0.4) is 0 Å². The Morgan fingerprint density at radius 3 is 2.73 bits per heavy atom. The topological polar surface area (TPSA) is 29.9 Å². The number of hydrogen-bond acceptors (Lipinski definition) is 2. The highest BCUT2D eigenvalue weighted by Crippen LogP contribution is 2.12. The predicted octanol–water partition coefficient (Wildman–Crippen LogP) is 2.39. The molecule has 15 heavy (non-hydrogen) atoms. The maximum absolute atomic E-state index is 4.34. The van der Waals surface area contributed by atoms with Crippen molar-refractivity contribution in [3.05, 3.63) is 18.2 Å². The van der Waals surface area contributed by atoms with Gasteiger partial charge < -0.3 is 9.88 Å². The van der Waals surface area contributed by atoms with Gasteiger partial charge in [-0.2, -0.15) is 0 Å². The summed E-state index contributed by atoms with van der Waals surface area (Å²) in [5, 5.41) is 3.44. The Hall–Kier alpha value is -0.830. The van der Waals surface area contributed by atoms with Crippen LogP contribution in [0, 0.1) is 0 Å². The van der Waals surface area contributed by atoms with E-state index in [9.17, 15) is 0 Å². The summed E-state index contributed by atoms with van der Waals surface area (Å²) in [6.07, 6.45) is 6.14. The maximum atomic E-state index is 4.34. The van der Waals surface area contributed by atoms with Crippen LogP contribution in [0.4, 0.5) is 0 Å². The smallest absolute Gasteiger partial charge is 0.108 e. The molecule has 0 radical (unpaired) electrons. The Morgan fingerprint density at radius 2 is 2.13 bits per heavy atom. The third-order valence-corrected chi connectivity index (χ3v) is 2.65. The Labute approximate surface area is 92.9 Å². The molecule has 0 saturated carbocycles. The summed E-state index contributed by atoms with van der Waals surface area (Å²) in [6.45, 7) is 9.83. The van der Waals surface area contributed by atoms with E-state index in [-0.39, 0.29) is 0 Å². The molecule has 0 spiro atoms. The van der Waals surface area contributed by atoms with Crippen LogP contribution < -0.4 is 5.32 Å². The summed E-state index contributed by atoms with van der Waals surface area (Å²) in [5.41, 5.74) is 0. The minimum absolute atomic E-state index is 0.536. The molecule has 1 rings (SSSR count). The molecule has 0 fully saturated rings. The first-order valence-corrected chi connectivity index (χ1v) is 5.90. The molecule has 0 aliphatic heterocycles. The zero-order valence-electron chi connectivity index (χ0n) is 10.3.